The lowest BCUT2D eigenvalue weighted by Crippen LogP contribution is -2.30. The van der Waals surface area contributed by atoms with Crippen molar-refractivity contribution in [2.24, 2.45) is 5.73 Å². The van der Waals surface area contributed by atoms with Crippen LogP contribution in [-0.4, -0.2) is 42.0 Å². The zero-order valence-electron chi connectivity index (χ0n) is 8.64. The van der Waals surface area contributed by atoms with E-state index in [1.54, 1.807) is 7.11 Å². The molecule has 0 radical (unpaired) electrons. The molecule has 1 aromatic rings. The number of amidine groups is 1. The maximum Gasteiger partial charge on any atom is 0.205 e. The topological polar surface area (TPSA) is 88.1 Å². The monoisotopic (exact) mass is 229 g/mol. The largest absolute Gasteiger partial charge is 0.388 e. The summed E-state index contributed by atoms with van der Waals surface area (Å²) in [5.74, 6) is 0.182. The molecule has 1 aromatic heterocycles. The minimum Gasteiger partial charge on any atom is -0.388 e. The van der Waals surface area contributed by atoms with Gasteiger partial charge < -0.3 is 15.4 Å². The maximum atomic E-state index is 7.18. The average molecular weight is 229 g/mol. The van der Waals surface area contributed by atoms with Gasteiger partial charge in [-0.3, -0.25) is 5.41 Å². The SMILES string of the molecule is COCCN(CCC(=N)N)c1ncns1. The number of methoxy groups -OCH3 is 1. The lowest BCUT2D eigenvalue weighted by atomic mass is 10.3. The quantitative estimate of drug-likeness (QED) is 0.519. The van der Waals surface area contributed by atoms with E-state index in [1.165, 1.54) is 17.9 Å². The average Bonchev–Trinajstić information content (AvgIpc) is 2.71. The first-order valence-corrected chi connectivity index (χ1v) is 5.35. The van der Waals surface area contributed by atoms with Gasteiger partial charge in [-0.2, -0.15) is 4.37 Å². The van der Waals surface area contributed by atoms with Crippen LogP contribution in [0.2, 0.25) is 0 Å². The summed E-state index contributed by atoms with van der Waals surface area (Å²) in [6.07, 6.45) is 2.05. The van der Waals surface area contributed by atoms with Crippen molar-refractivity contribution >= 4 is 22.5 Å². The normalized spacial score (nSPS) is 10.2. The summed E-state index contributed by atoms with van der Waals surface area (Å²) in [6, 6.07) is 0. The molecule has 0 saturated heterocycles. The van der Waals surface area contributed by atoms with Crippen molar-refractivity contribution in [2.45, 2.75) is 6.42 Å². The number of nitrogens with two attached hydrogens (primary N) is 1. The van der Waals surface area contributed by atoms with Gasteiger partial charge in [0.2, 0.25) is 5.13 Å². The zero-order valence-corrected chi connectivity index (χ0v) is 9.46. The highest BCUT2D eigenvalue weighted by atomic mass is 32.1. The molecule has 3 N–H and O–H groups in total. The van der Waals surface area contributed by atoms with E-state index < -0.39 is 0 Å². The Labute approximate surface area is 92.7 Å². The van der Waals surface area contributed by atoms with Crippen LogP contribution in [0.3, 0.4) is 0 Å². The maximum absolute atomic E-state index is 7.18. The molecule has 0 aliphatic carbocycles. The van der Waals surface area contributed by atoms with Crippen molar-refractivity contribution in [2.75, 3.05) is 31.7 Å². The fourth-order valence-electron chi connectivity index (χ4n) is 1.07. The summed E-state index contributed by atoms with van der Waals surface area (Å²) >= 11 is 1.33. The van der Waals surface area contributed by atoms with Crippen LogP contribution in [-0.2, 0) is 4.74 Å². The van der Waals surface area contributed by atoms with Crippen molar-refractivity contribution in [3.05, 3.63) is 6.33 Å². The molecule has 0 unspecified atom stereocenters. The molecule has 15 heavy (non-hydrogen) atoms. The van der Waals surface area contributed by atoms with E-state index in [0.29, 0.717) is 19.6 Å². The fraction of sp³-hybridized carbons (Fsp3) is 0.625. The van der Waals surface area contributed by atoms with E-state index in [2.05, 4.69) is 9.36 Å². The molecular formula is C8H15N5OS. The summed E-state index contributed by atoms with van der Waals surface area (Å²) in [4.78, 5) is 6.13. The third-order valence-corrected chi connectivity index (χ3v) is 2.56. The predicted molar refractivity (Wildman–Crippen MR) is 60.5 cm³/mol. The smallest absolute Gasteiger partial charge is 0.205 e. The van der Waals surface area contributed by atoms with E-state index in [9.17, 15) is 0 Å². The van der Waals surface area contributed by atoms with Crippen molar-refractivity contribution in [1.82, 2.24) is 9.36 Å². The van der Waals surface area contributed by atoms with E-state index in [1.807, 2.05) is 4.90 Å². The van der Waals surface area contributed by atoms with Crippen LogP contribution < -0.4 is 10.6 Å². The number of hydrogen-bond acceptors (Lipinski definition) is 6. The van der Waals surface area contributed by atoms with Gasteiger partial charge in [-0.1, -0.05) is 0 Å². The Morgan fingerprint density at radius 2 is 2.47 bits per heavy atom. The lowest BCUT2D eigenvalue weighted by Gasteiger charge is -2.20. The van der Waals surface area contributed by atoms with Crippen molar-refractivity contribution in [1.29, 1.82) is 5.41 Å². The van der Waals surface area contributed by atoms with Gasteiger partial charge in [0.25, 0.3) is 0 Å². The molecule has 0 bridgehead atoms. The van der Waals surface area contributed by atoms with Crippen LogP contribution >= 0.6 is 11.5 Å². The van der Waals surface area contributed by atoms with Gasteiger partial charge in [0, 0.05) is 38.2 Å². The molecule has 0 fully saturated rings. The Hall–Kier alpha value is -1.21. The number of ether oxygens (including phenoxy) is 1. The second kappa shape index (κ2) is 6.31. The highest BCUT2D eigenvalue weighted by molar-refractivity contribution is 7.09. The Morgan fingerprint density at radius 3 is 3.00 bits per heavy atom. The number of hydrogen-bond donors (Lipinski definition) is 2. The summed E-state index contributed by atoms with van der Waals surface area (Å²) in [5, 5.41) is 8.02. The molecule has 0 atom stereocenters. The van der Waals surface area contributed by atoms with E-state index >= 15 is 0 Å². The van der Waals surface area contributed by atoms with Gasteiger partial charge in [-0.05, 0) is 0 Å². The number of anilines is 1. The van der Waals surface area contributed by atoms with Crippen molar-refractivity contribution in [3.63, 3.8) is 0 Å². The molecular weight excluding hydrogens is 214 g/mol. The molecule has 0 amide bonds. The molecule has 6 nitrogen and oxygen atoms in total. The van der Waals surface area contributed by atoms with Crippen LogP contribution in [0.5, 0.6) is 0 Å². The second-order valence-electron chi connectivity index (χ2n) is 2.98. The first-order valence-electron chi connectivity index (χ1n) is 4.57. The van der Waals surface area contributed by atoms with E-state index in [4.69, 9.17) is 15.9 Å². The summed E-state index contributed by atoms with van der Waals surface area (Å²) < 4.78 is 8.95. The second-order valence-corrected chi connectivity index (χ2v) is 3.74. The Balaban J connectivity index is 2.49. The Kier molecular flexibility index (Phi) is 4.99. The van der Waals surface area contributed by atoms with E-state index in [-0.39, 0.29) is 5.84 Å². The third kappa shape index (κ3) is 4.22. The van der Waals surface area contributed by atoms with E-state index in [0.717, 1.165) is 11.7 Å². The van der Waals surface area contributed by atoms with Gasteiger partial charge in [-0.25, -0.2) is 4.98 Å². The van der Waals surface area contributed by atoms with Gasteiger partial charge in [0.05, 0.1) is 12.4 Å². The minimum atomic E-state index is 0.182. The highest BCUT2D eigenvalue weighted by Gasteiger charge is 2.09. The molecule has 1 heterocycles. The Morgan fingerprint density at radius 1 is 1.67 bits per heavy atom. The van der Waals surface area contributed by atoms with Crippen molar-refractivity contribution in [3.8, 4) is 0 Å². The molecule has 0 aliphatic heterocycles. The first kappa shape index (κ1) is 11.9. The molecule has 0 spiro atoms. The van der Waals surface area contributed by atoms with Gasteiger partial charge in [0.1, 0.15) is 6.33 Å². The summed E-state index contributed by atoms with van der Waals surface area (Å²) in [5.41, 5.74) is 5.32. The predicted octanol–water partition coefficient (Wildman–Crippen LogP) is 0.317. The minimum absolute atomic E-state index is 0.182. The van der Waals surface area contributed by atoms with Crippen LogP contribution in [0, 0.1) is 5.41 Å². The van der Waals surface area contributed by atoms with Crippen LogP contribution in [0.1, 0.15) is 6.42 Å². The third-order valence-electron chi connectivity index (χ3n) is 1.84. The number of aromatic nitrogens is 2. The Bertz CT molecular complexity index is 289. The van der Waals surface area contributed by atoms with Crippen LogP contribution in [0.15, 0.2) is 6.33 Å². The molecule has 7 heteroatoms. The highest BCUT2D eigenvalue weighted by Crippen LogP contribution is 2.14. The van der Waals surface area contributed by atoms with Crippen molar-refractivity contribution < 1.29 is 4.74 Å². The first-order chi connectivity index (χ1) is 7.24. The van der Waals surface area contributed by atoms with Gasteiger partial charge in [0.15, 0.2) is 0 Å². The van der Waals surface area contributed by atoms with Crippen LogP contribution in [0.4, 0.5) is 5.13 Å². The number of nitrogens with zero attached hydrogens (tertiary/aromatic N) is 3. The standard InChI is InChI=1S/C8H15N5OS/c1-14-5-4-13(3-2-7(9)10)8-11-6-12-15-8/h6H,2-5H2,1H3,(H3,9,10). The van der Waals surface area contributed by atoms with Gasteiger partial charge >= 0.3 is 0 Å². The number of rotatable bonds is 7. The number of nitrogens with one attached hydrogen (secondary N) is 1. The van der Waals surface area contributed by atoms with Crippen LogP contribution in [0.25, 0.3) is 0 Å². The summed E-state index contributed by atoms with van der Waals surface area (Å²) in [7, 11) is 1.66. The molecule has 84 valence electrons. The molecule has 0 aliphatic rings. The molecule has 0 aromatic carbocycles. The zero-order chi connectivity index (χ0) is 11.1. The molecule has 0 saturated carbocycles. The lowest BCUT2D eigenvalue weighted by molar-refractivity contribution is 0.205. The van der Waals surface area contributed by atoms with Gasteiger partial charge in [-0.15, -0.1) is 0 Å². The fourth-order valence-corrected chi connectivity index (χ4v) is 1.65. The summed E-state index contributed by atoms with van der Waals surface area (Å²) in [6.45, 7) is 2.03. The molecule has 1 rings (SSSR count).